The van der Waals surface area contributed by atoms with Crippen molar-refractivity contribution in [1.82, 2.24) is 0 Å². The smallest absolute Gasteiger partial charge is 0.146 e. The molecule has 0 bridgehead atoms. The highest BCUT2D eigenvalue weighted by Crippen LogP contribution is 2.30. The number of nitrogens with zero attached hydrogens (tertiary/aromatic N) is 1. The number of para-hydroxylation sites is 1. The molecule has 3 rings (SSSR count). The van der Waals surface area contributed by atoms with Crippen LogP contribution in [0.4, 0.5) is 17.1 Å². The number of fused-ring (bicyclic) bond motifs is 1. The van der Waals surface area contributed by atoms with E-state index in [1.807, 2.05) is 49.4 Å². The predicted octanol–water partition coefficient (Wildman–Crippen LogP) is 3.11. The SMILES string of the molecule is Cc1ccccc1N=C1COc2ccc(N)cc2N1. The topological polar surface area (TPSA) is 59.6 Å². The zero-order valence-corrected chi connectivity index (χ0v) is 10.7. The number of hydrogen-bond acceptors (Lipinski definition) is 3. The van der Waals surface area contributed by atoms with Gasteiger partial charge in [0.15, 0.2) is 0 Å². The number of nitrogens with two attached hydrogens (primary N) is 1. The summed E-state index contributed by atoms with van der Waals surface area (Å²) in [6, 6.07) is 13.5. The van der Waals surface area contributed by atoms with Crippen LogP contribution in [-0.4, -0.2) is 12.4 Å². The maximum Gasteiger partial charge on any atom is 0.146 e. The first kappa shape index (κ1) is 11.6. The normalized spacial score (nSPS) is 15.5. The fourth-order valence-electron chi connectivity index (χ4n) is 2.00. The lowest BCUT2D eigenvalue weighted by molar-refractivity contribution is 0.372. The zero-order valence-electron chi connectivity index (χ0n) is 10.7. The molecule has 0 radical (unpaired) electrons. The van der Waals surface area contributed by atoms with Crippen molar-refractivity contribution in [2.75, 3.05) is 17.7 Å². The fraction of sp³-hybridized carbons (Fsp3) is 0.133. The number of anilines is 2. The Morgan fingerprint density at radius 2 is 2.05 bits per heavy atom. The minimum absolute atomic E-state index is 0.436. The van der Waals surface area contributed by atoms with Crippen molar-refractivity contribution in [2.45, 2.75) is 6.92 Å². The van der Waals surface area contributed by atoms with Crippen molar-refractivity contribution in [3.05, 3.63) is 48.0 Å². The van der Waals surface area contributed by atoms with Gasteiger partial charge in [0.05, 0.1) is 11.4 Å². The molecule has 0 amide bonds. The number of aryl methyl sites for hydroxylation is 1. The van der Waals surface area contributed by atoms with Gasteiger partial charge in [-0.2, -0.15) is 0 Å². The Morgan fingerprint density at radius 1 is 1.21 bits per heavy atom. The standard InChI is InChI=1S/C15H15N3O/c1-10-4-2-3-5-12(10)17-15-9-19-14-7-6-11(16)8-13(14)18-15/h2-8H,9,16H2,1H3,(H,17,18). The number of rotatable bonds is 1. The van der Waals surface area contributed by atoms with Crippen LogP contribution in [0.15, 0.2) is 47.5 Å². The molecule has 0 saturated heterocycles. The van der Waals surface area contributed by atoms with Gasteiger partial charge in [-0.1, -0.05) is 18.2 Å². The van der Waals surface area contributed by atoms with Gasteiger partial charge in [0.2, 0.25) is 0 Å². The summed E-state index contributed by atoms with van der Waals surface area (Å²) in [4.78, 5) is 4.59. The van der Waals surface area contributed by atoms with Gasteiger partial charge in [0, 0.05) is 5.69 Å². The highest BCUT2D eigenvalue weighted by molar-refractivity contribution is 6.01. The van der Waals surface area contributed by atoms with Crippen LogP contribution in [0.5, 0.6) is 5.75 Å². The molecule has 0 fully saturated rings. The summed E-state index contributed by atoms with van der Waals surface area (Å²) in [6.45, 7) is 2.47. The largest absolute Gasteiger partial charge is 0.484 e. The van der Waals surface area contributed by atoms with Gasteiger partial charge in [-0.25, -0.2) is 4.99 Å². The maximum absolute atomic E-state index is 5.77. The molecule has 0 aliphatic carbocycles. The number of nitrogens with one attached hydrogen (secondary N) is 1. The first-order valence-corrected chi connectivity index (χ1v) is 6.15. The van der Waals surface area contributed by atoms with E-state index in [4.69, 9.17) is 10.5 Å². The lowest BCUT2D eigenvalue weighted by atomic mass is 10.2. The quantitative estimate of drug-likeness (QED) is 0.768. The molecule has 4 nitrogen and oxygen atoms in total. The number of hydrogen-bond donors (Lipinski definition) is 2. The molecule has 1 aliphatic rings. The molecule has 0 unspecified atom stereocenters. The molecular formula is C15H15N3O. The van der Waals surface area contributed by atoms with Crippen LogP contribution < -0.4 is 15.8 Å². The molecule has 2 aromatic carbocycles. The van der Waals surface area contributed by atoms with E-state index < -0.39 is 0 Å². The fourth-order valence-corrected chi connectivity index (χ4v) is 2.00. The second kappa shape index (κ2) is 4.65. The molecule has 1 aliphatic heterocycles. The average molecular weight is 253 g/mol. The van der Waals surface area contributed by atoms with E-state index in [-0.39, 0.29) is 0 Å². The molecule has 1 heterocycles. The first-order chi connectivity index (χ1) is 9.22. The molecule has 96 valence electrons. The summed E-state index contributed by atoms with van der Waals surface area (Å²) in [5, 5.41) is 3.26. The molecule has 2 aromatic rings. The summed E-state index contributed by atoms with van der Waals surface area (Å²) in [6.07, 6.45) is 0. The van der Waals surface area contributed by atoms with Crippen molar-refractivity contribution >= 4 is 22.9 Å². The van der Waals surface area contributed by atoms with Crippen LogP contribution in [0.2, 0.25) is 0 Å². The Kier molecular flexibility index (Phi) is 2.83. The van der Waals surface area contributed by atoms with Crippen molar-refractivity contribution in [1.29, 1.82) is 0 Å². The lowest BCUT2D eigenvalue weighted by Gasteiger charge is -2.21. The molecule has 3 N–H and O–H groups in total. The maximum atomic E-state index is 5.77. The number of nitrogen functional groups attached to an aromatic ring is 1. The van der Waals surface area contributed by atoms with E-state index in [1.54, 1.807) is 0 Å². The van der Waals surface area contributed by atoms with E-state index in [0.717, 1.165) is 28.5 Å². The second-order valence-corrected chi connectivity index (χ2v) is 4.51. The van der Waals surface area contributed by atoms with Crippen LogP contribution in [0.1, 0.15) is 5.56 Å². The Hall–Kier alpha value is -2.49. The minimum atomic E-state index is 0.436. The van der Waals surface area contributed by atoms with Gasteiger partial charge in [0.25, 0.3) is 0 Å². The van der Waals surface area contributed by atoms with Crippen LogP contribution in [0.25, 0.3) is 0 Å². The van der Waals surface area contributed by atoms with Crippen molar-refractivity contribution in [2.24, 2.45) is 4.99 Å². The summed E-state index contributed by atoms with van der Waals surface area (Å²) in [7, 11) is 0. The van der Waals surface area contributed by atoms with Crippen LogP contribution in [0.3, 0.4) is 0 Å². The molecule has 0 aromatic heterocycles. The van der Waals surface area contributed by atoms with Gasteiger partial charge in [-0.3, -0.25) is 0 Å². The Morgan fingerprint density at radius 3 is 2.89 bits per heavy atom. The molecule has 0 saturated carbocycles. The zero-order chi connectivity index (χ0) is 13.2. The van der Waals surface area contributed by atoms with Gasteiger partial charge < -0.3 is 15.8 Å². The predicted molar refractivity (Wildman–Crippen MR) is 78.2 cm³/mol. The summed E-state index contributed by atoms with van der Waals surface area (Å²) < 4.78 is 5.65. The van der Waals surface area contributed by atoms with Gasteiger partial charge in [-0.15, -0.1) is 0 Å². The molecule has 4 heteroatoms. The Labute approximate surface area is 111 Å². The lowest BCUT2D eigenvalue weighted by Crippen LogP contribution is -2.25. The number of aliphatic imine (C=N–C) groups is 1. The van der Waals surface area contributed by atoms with E-state index in [1.165, 1.54) is 0 Å². The molecule has 0 spiro atoms. The summed E-state index contributed by atoms with van der Waals surface area (Å²) >= 11 is 0. The van der Waals surface area contributed by atoms with Crippen molar-refractivity contribution in [3.63, 3.8) is 0 Å². The second-order valence-electron chi connectivity index (χ2n) is 4.51. The average Bonchev–Trinajstić information content (AvgIpc) is 2.41. The molecular weight excluding hydrogens is 238 g/mol. The summed E-state index contributed by atoms with van der Waals surface area (Å²) in [5.41, 5.74) is 9.41. The van der Waals surface area contributed by atoms with E-state index >= 15 is 0 Å². The van der Waals surface area contributed by atoms with Crippen LogP contribution in [-0.2, 0) is 0 Å². The van der Waals surface area contributed by atoms with Gasteiger partial charge >= 0.3 is 0 Å². The van der Waals surface area contributed by atoms with Crippen LogP contribution >= 0.6 is 0 Å². The van der Waals surface area contributed by atoms with Crippen molar-refractivity contribution in [3.8, 4) is 5.75 Å². The van der Waals surface area contributed by atoms with Crippen molar-refractivity contribution < 1.29 is 4.74 Å². The Bertz CT molecular complexity index is 650. The third kappa shape index (κ3) is 2.38. The third-order valence-electron chi connectivity index (χ3n) is 3.02. The highest BCUT2D eigenvalue weighted by Gasteiger charge is 2.14. The minimum Gasteiger partial charge on any atom is -0.484 e. The Balaban J connectivity index is 1.91. The number of amidine groups is 1. The highest BCUT2D eigenvalue weighted by atomic mass is 16.5. The summed E-state index contributed by atoms with van der Waals surface area (Å²) in [5.74, 6) is 1.59. The molecule has 19 heavy (non-hydrogen) atoms. The van der Waals surface area contributed by atoms with Crippen LogP contribution in [0, 0.1) is 6.92 Å². The van der Waals surface area contributed by atoms with Gasteiger partial charge in [-0.05, 0) is 36.8 Å². The molecule has 0 atom stereocenters. The monoisotopic (exact) mass is 253 g/mol. The van der Waals surface area contributed by atoms with E-state index in [2.05, 4.69) is 10.3 Å². The van der Waals surface area contributed by atoms with E-state index in [0.29, 0.717) is 12.3 Å². The van der Waals surface area contributed by atoms with Gasteiger partial charge in [0.1, 0.15) is 18.2 Å². The van der Waals surface area contributed by atoms with E-state index in [9.17, 15) is 0 Å². The third-order valence-corrected chi connectivity index (χ3v) is 3.02. The first-order valence-electron chi connectivity index (χ1n) is 6.15. The number of benzene rings is 2. The number of ether oxygens (including phenoxy) is 1.